The van der Waals surface area contributed by atoms with E-state index in [1.807, 2.05) is 25.1 Å². The fraction of sp³-hybridized carbons (Fsp3) is 0.417. The van der Waals surface area contributed by atoms with E-state index in [1.165, 1.54) is 0 Å². The number of benzene rings is 1. The second-order valence-electron chi connectivity index (χ2n) is 4.12. The van der Waals surface area contributed by atoms with E-state index in [2.05, 4.69) is 9.55 Å². The minimum atomic E-state index is -0.271. The standard InChI is InChI=1S/C12H14N2O2S/c1-2-16-9-3-4-10-11(5-9)14-6-8(15)7-17-12(14)13-10/h3-5,8,15H,2,6-7H2,1H3/p+1. The van der Waals surface area contributed by atoms with Gasteiger partial charge in [0.05, 0.1) is 6.61 Å². The minimum absolute atomic E-state index is 0.271. The number of nitrogens with one attached hydrogen (secondary N) is 1. The first-order chi connectivity index (χ1) is 8.28. The number of imidazole rings is 1. The van der Waals surface area contributed by atoms with E-state index < -0.39 is 0 Å². The molecule has 5 heteroatoms. The summed E-state index contributed by atoms with van der Waals surface area (Å²) in [5.74, 6) is 1.63. The lowest BCUT2D eigenvalue weighted by molar-refractivity contribution is -0.716. The first-order valence-electron chi connectivity index (χ1n) is 5.77. The first kappa shape index (κ1) is 10.9. The van der Waals surface area contributed by atoms with Crippen molar-refractivity contribution in [3.63, 3.8) is 0 Å². The molecule has 2 aromatic rings. The van der Waals surface area contributed by atoms with Crippen LogP contribution in [0, 0.1) is 0 Å². The Kier molecular flexibility index (Phi) is 2.72. The van der Waals surface area contributed by atoms with E-state index >= 15 is 0 Å². The lowest BCUT2D eigenvalue weighted by atomic mass is 10.3. The van der Waals surface area contributed by atoms with Gasteiger partial charge in [-0.15, -0.1) is 0 Å². The van der Waals surface area contributed by atoms with Gasteiger partial charge in [0.2, 0.25) is 0 Å². The number of H-pyrrole nitrogens is 1. The predicted molar refractivity (Wildman–Crippen MR) is 66.4 cm³/mol. The Balaban J connectivity index is 2.11. The molecule has 1 aliphatic rings. The molecular weight excluding hydrogens is 236 g/mol. The number of thioether (sulfide) groups is 1. The Morgan fingerprint density at radius 3 is 3.29 bits per heavy atom. The molecule has 0 fully saturated rings. The summed E-state index contributed by atoms with van der Waals surface area (Å²) < 4.78 is 7.63. The van der Waals surface area contributed by atoms with Gasteiger partial charge >= 0.3 is 5.16 Å². The van der Waals surface area contributed by atoms with Crippen LogP contribution in [0.3, 0.4) is 0 Å². The number of hydrogen-bond acceptors (Lipinski definition) is 3. The number of rotatable bonds is 2. The molecule has 0 aliphatic carbocycles. The van der Waals surface area contributed by atoms with Crippen molar-refractivity contribution in [3.05, 3.63) is 18.2 Å². The van der Waals surface area contributed by atoms with Gasteiger partial charge in [0.15, 0.2) is 11.0 Å². The number of hydrogen-bond donors (Lipinski definition) is 2. The minimum Gasteiger partial charge on any atom is -0.494 e. The lowest BCUT2D eigenvalue weighted by Gasteiger charge is -2.13. The van der Waals surface area contributed by atoms with E-state index in [0.717, 1.165) is 27.7 Å². The molecule has 1 unspecified atom stereocenters. The van der Waals surface area contributed by atoms with Crippen molar-refractivity contribution in [3.8, 4) is 5.75 Å². The van der Waals surface area contributed by atoms with Gasteiger partial charge in [-0.2, -0.15) is 0 Å². The molecule has 1 aliphatic heterocycles. The molecule has 3 rings (SSSR count). The zero-order valence-electron chi connectivity index (χ0n) is 9.64. The highest BCUT2D eigenvalue weighted by molar-refractivity contribution is 7.99. The molecular formula is C12H15N2O2S+. The summed E-state index contributed by atoms with van der Waals surface area (Å²) in [6, 6.07) is 6.02. The lowest BCUT2D eigenvalue weighted by Crippen LogP contribution is -2.45. The van der Waals surface area contributed by atoms with Crippen molar-refractivity contribution in [2.75, 3.05) is 12.4 Å². The van der Waals surface area contributed by atoms with Crippen LogP contribution in [0.1, 0.15) is 6.92 Å². The third-order valence-corrected chi connectivity index (χ3v) is 4.01. The van der Waals surface area contributed by atoms with Crippen LogP contribution in [-0.2, 0) is 6.54 Å². The number of aliphatic hydroxyl groups excluding tert-OH is 1. The quantitative estimate of drug-likeness (QED) is 0.791. The molecule has 2 N–H and O–H groups in total. The molecule has 2 heterocycles. The average Bonchev–Trinajstić information content (AvgIpc) is 2.67. The molecule has 90 valence electrons. The number of nitrogens with zero attached hydrogens (tertiary/aromatic N) is 1. The third kappa shape index (κ3) is 1.89. The zero-order chi connectivity index (χ0) is 11.8. The van der Waals surface area contributed by atoms with Crippen molar-refractivity contribution < 1.29 is 14.4 Å². The van der Waals surface area contributed by atoms with Crippen LogP contribution in [-0.4, -0.2) is 28.6 Å². The second kappa shape index (κ2) is 4.23. The van der Waals surface area contributed by atoms with Crippen molar-refractivity contribution in [2.45, 2.75) is 24.7 Å². The Labute approximate surface area is 104 Å². The van der Waals surface area contributed by atoms with Crippen molar-refractivity contribution in [1.82, 2.24) is 4.98 Å². The molecule has 1 aromatic heterocycles. The maximum absolute atomic E-state index is 9.72. The van der Waals surface area contributed by atoms with Crippen LogP contribution < -0.4 is 9.30 Å². The van der Waals surface area contributed by atoms with Gasteiger partial charge in [0.25, 0.3) is 0 Å². The van der Waals surface area contributed by atoms with Gasteiger partial charge in [-0.05, 0) is 30.8 Å². The molecule has 0 saturated heterocycles. The van der Waals surface area contributed by atoms with Crippen LogP contribution in [0.2, 0.25) is 0 Å². The van der Waals surface area contributed by atoms with Gasteiger partial charge in [0, 0.05) is 11.8 Å². The highest BCUT2D eigenvalue weighted by Crippen LogP contribution is 2.25. The zero-order valence-corrected chi connectivity index (χ0v) is 10.5. The van der Waals surface area contributed by atoms with Crippen molar-refractivity contribution in [1.29, 1.82) is 0 Å². The normalized spacial score (nSPS) is 19.3. The van der Waals surface area contributed by atoms with Gasteiger partial charge in [-0.3, -0.25) is 0 Å². The summed E-state index contributed by atoms with van der Waals surface area (Å²) in [7, 11) is 0. The van der Waals surface area contributed by atoms with E-state index in [0.29, 0.717) is 13.2 Å². The molecule has 0 saturated carbocycles. The summed E-state index contributed by atoms with van der Waals surface area (Å²) in [5, 5.41) is 10.8. The average molecular weight is 251 g/mol. The Hall–Kier alpha value is -1.20. The largest absolute Gasteiger partial charge is 0.494 e. The fourth-order valence-electron chi connectivity index (χ4n) is 2.12. The molecule has 17 heavy (non-hydrogen) atoms. The Bertz CT molecular complexity index is 553. The molecule has 0 bridgehead atoms. The number of aliphatic hydroxyl groups is 1. The van der Waals surface area contributed by atoms with Crippen LogP contribution in [0.5, 0.6) is 5.75 Å². The summed E-state index contributed by atoms with van der Waals surface area (Å²) in [5.41, 5.74) is 2.18. The Morgan fingerprint density at radius 1 is 1.59 bits per heavy atom. The molecule has 0 spiro atoms. The predicted octanol–water partition coefficient (Wildman–Crippen LogP) is 1.32. The van der Waals surface area contributed by atoms with Crippen LogP contribution in [0.25, 0.3) is 11.0 Å². The highest BCUT2D eigenvalue weighted by Gasteiger charge is 2.27. The van der Waals surface area contributed by atoms with Gasteiger partial charge in [-0.25, -0.2) is 9.55 Å². The Morgan fingerprint density at radius 2 is 2.47 bits per heavy atom. The summed E-state index contributed by atoms with van der Waals surface area (Å²) in [6.07, 6.45) is -0.271. The molecule has 1 atom stereocenters. The van der Waals surface area contributed by atoms with Crippen molar-refractivity contribution in [2.24, 2.45) is 0 Å². The van der Waals surface area contributed by atoms with Gasteiger partial charge in [-0.1, -0.05) is 0 Å². The first-order valence-corrected chi connectivity index (χ1v) is 6.75. The number of aromatic amines is 1. The van der Waals surface area contributed by atoms with Crippen LogP contribution in [0.4, 0.5) is 0 Å². The summed E-state index contributed by atoms with van der Waals surface area (Å²) >= 11 is 1.66. The van der Waals surface area contributed by atoms with E-state index in [-0.39, 0.29) is 6.10 Å². The van der Waals surface area contributed by atoms with Crippen LogP contribution in [0.15, 0.2) is 23.4 Å². The van der Waals surface area contributed by atoms with E-state index in [1.54, 1.807) is 11.8 Å². The van der Waals surface area contributed by atoms with Gasteiger partial charge < -0.3 is 9.84 Å². The molecule has 0 amide bonds. The van der Waals surface area contributed by atoms with Crippen molar-refractivity contribution >= 4 is 22.8 Å². The highest BCUT2D eigenvalue weighted by atomic mass is 32.2. The molecule has 0 radical (unpaired) electrons. The third-order valence-electron chi connectivity index (χ3n) is 2.86. The maximum Gasteiger partial charge on any atom is 0.316 e. The SMILES string of the molecule is CCOc1ccc2[nH]c3[n+](c2c1)CC(O)CS3. The van der Waals surface area contributed by atoms with Gasteiger partial charge in [0.1, 0.15) is 18.4 Å². The number of fused-ring (bicyclic) bond motifs is 3. The van der Waals surface area contributed by atoms with E-state index in [4.69, 9.17) is 4.74 Å². The summed E-state index contributed by atoms with van der Waals surface area (Å²) in [4.78, 5) is 3.37. The molecule has 4 nitrogen and oxygen atoms in total. The maximum atomic E-state index is 9.72. The summed E-state index contributed by atoms with van der Waals surface area (Å²) in [6.45, 7) is 3.29. The van der Waals surface area contributed by atoms with Crippen LogP contribution >= 0.6 is 11.8 Å². The topological polar surface area (TPSA) is 49.1 Å². The molecule has 1 aromatic carbocycles. The fourth-order valence-corrected chi connectivity index (χ4v) is 3.09. The monoisotopic (exact) mass is 251 g/mol. The van der Waals surface area contributed by atoms with E-state index in [9.17, 15) is 5.11 Å². The number of aromatic nitrogens is 2. The number of ether oxygens (including phenoxy) is 1. The smallest absolute Gasteiger partial charge is 0.316 e. The second-order valence-corrected chi connectivity index (χ2v) is 5.13.